The third-order valence-electron chi connectivity index (χ3n) is 3.55. The van der Waals surface area contributed by atoms with Gasteiger partial charge in [-0.3, -0.25) is 4.90 Å². The maximum atomic E-state index is 13.4. The van der Waals surface area contributed by atoms with E-state index in [0.717, 1.165) is 31.7 Å². The lowest BCUT2D eigenvalue weighted by Gasteiger charge is -2.36. The summed E-state index contributed by atoms with van der Waals surface area (Å²) in [6.07, 6.45) is 0. The molecule has 0 amide bonds. The first-order valence-electron chi connectivity index (χ1n) is 6.54. The van der Waals surface area contributed by atoms with Crippen LogP contribution in [0, 0.1) is 5.82 Å². The minimum absolute atomic E-state index is 0. The van der Waals surface area contributed by atoms with Crippen LogP contribution in [0.4, 0.5) is 4.39 Å². The summed E-state index contributed by atoms with van der Waals surface area (Å²) in [5.41, 5.74) is 2.40. The summed E-state index contributed by atoms with van der Waals surface area (Å²) >= 11 is 1.73. The minimum Gasteiger partial charge on any atom is -0.314 e. The van der Waals surface area contributed by atoms with Gasteiger partial charge in [0.25, 0.3) is 0 Å². The zero-order valence-electron chi connectivity index (χ0n) is 11.1. The molecule has 108 valence electrons. The van der Waals surface area contributed by atoms with Gasteiger partial charge in [-0.2, -0.15) is 11.3 Å². The van der Waals surface area contributed by atoms with Crippen LogP contribution < -0.4 is 5.32 Å². The monoisotopic (exact) mass is 312 g/mol. The fourth-order valence-electron chi connectivity index (χ4n) is 2.60. The zero-order chi connectivity index (χ0) is 13.1. The van der Waals surface area contributed by atoms with Gasteiger partial charge in [-0.25, -0.2) is 4.39 Å². The largest absolute Gasteiger partial charge is 0.314 e. The van der Waals surface area contributed by atoms with E-state index in [2.05, 4.69) is 27.0 Å². The average Bonchev–Trinajstić information content (AvgIpc) is 2.92. The van der Waals surface area contributed by atoms with E-state index in [9.17, 15) is 4.39 Å². The minimum atomic E-state index is -0.154. The third-order valence-corrected chi connectivity index (χ3v) is 4.29. The van der Waals surface area contributed by atoms with E-state index in [0.29, 0.717) is 0 Å². The van der Waals surface area contributed by atoms with E-state index in [4.69, 9.17) is 0 Å². The molecule has 0 aliphatic carbocycles. The normalized spacial score (nSPS) is 19.6. The van der Waals surface area contributed by atoms with Crippen LogP contribution in [0.5, 0.6) is 0 Å². The van der Waals surface area contributed by atoms with E-state index in [1.54, 1.807) is 23.5 Å². The van der Waals surface area contributed by atoms with Crippen molar-refractivity contribution in [1.29, 1.82) is 0 Å². The highest BCUT2D eigenvalue weighted by atomic mass is 35.5. The first kappa shape index (κ1) is 15.4. The summed E-state index contributed by atoms with van der Waals surface area (Å²) in [5.74, 6) is -0.154. The maximum absolute atomic E-state index is 13.4. The molecule has 1 N–H and O–H groups in total. The second-order valence-corrected chi connectivity index (χ2v) is 5.66. The van der Waals surface area contributed by atoms with Crippen LogP contribution in [0.25, 0.3) is 0 Å². The number of benzene rings is 1. The van der Waals surface area contributed by atoms with Crippen molar-refractivity contribution in [1.82, 2.24) is 10.2 Å². The van der Waals surface area contributed by atoms with Gasteiger partial charge >= 0.3 is 0 Å². The van der Waals surface area contributed by atoms with E-state index >= 15 is 0 Å². The molecule has 1 aromatic heterocycles. The first-order valence-corrected chi connectivity index (χ1v) is 7.48. The number of hydrogen-bond donors (Lipinski definition) is 1. The lowest BCUT2D eigenvalue weighted by Crippen LogP contribution is -2.45. The van der Waals surface area contributed by atoms with Crippen LogP contribution in [0.2, 0.25) is 0 Å². The third kappa shape index (κ3) is 3.58. The van der Waals surface area contributed by atoms with Gasteiger partial charge in [0, 0.05) is 32.2 Å². The molecule has 0 saturated carbocycles. The molecule has 1 atom stereocenters. The Morgan fingerprint density at radius 1 is 1.35 bits per heavy atom. The first-order chi connectivity index (χ1) is 9.33. The molecule has 0 spiro atoms. The fraction of sp³-hybridized carbons (Fsp3) is 0.333. The molecule has 2 aromatic rings. The molecule has 1 unspecified atom stereocenters. The van der Waals surface area contributed by atoms with Crippen LogP contribution in [-0.4, -0.2) is 24.5 Å². The number of rotatable bonds is 3. The second kappa shape index (κ2) is 7.18. The van der Waals surface area contributed by atoms with Crippen molar-refractivity contribution in [3.63, 3.8) is 0 Å². The standard InChI is InChI=1S/C15H17FN2S.ClH/c16-14-3-1-2-13(8-14)15-9-17-5-6-18(15)10-12-4-7-19-11-12;/h1-4,7-8,11,15,17H,5-6,9-10H2;1H. The number of nitrogens with one attached hydrogen (secondary N) is 1. The van der Waals surface area contributed by atoms with Crippen molar-refractivity contribution in [2.45, 2.75) is 12.6 Å². The zero-order valence-corrected chi connectivity index (χ0v) is 12.7. The molecule has 1 aliphatic heterocycles. The Hall–Kier alpha value is -0.940. The number of thiophene rings is 1. The number of hydrogen-bond acceptors (Lipinski definition) is 3. The molecule has 2 heterocycles. The van der Waals surface area contributed by atoms with E-state index in [1.165, 1.54) is 11.6 Å². The highest BCUT2D eigenvalue weighted by molar-refractivity contribution is 7.07. The van der Waals surface area contributed by atoms with Crippen molar-refractivity contribution in [2.24, 2.45) is 0 Å². The Morgan fingerprint density at radius 3 is 3.00 bits per heavy atom. The summed E-state index contributed by atoms with van der Waals surface area (Å²) in [7, 11) is 0. The maximum Gasteiger partial charge on any atom is 0.123 e. The van der Waals surface area contributed by atoms with Crippen molar-refractivity contribution in [3.8, 4) is 0 Å². The van der Waals surface area contributed by atoms with Gasteiger partial charge in [0.1, 0.15) is 5.82 Å². The highest BCUT2D eigenvalue weighted by Gasteiger charge is 2.24. The molecule has 3 rings (SSSR count). The van der Waals surface area contributed by atoms with Crippen LogP contribution in [0.3, 0.4) is 0 Å². The van der Waals surface area contributed by atoms with Crippen molar-refractivity contribution < 1.29 is 4.39 Å². The van der Waals surface area contributed by atoms with Crippen LogP contribution in [-0.2, 0) is 6.54 Å². The summed E-state index contributed by atoms with van der Waals surface area (Å²) in [6.45, 7) is 3.81. The van der Waals surface area contributed by atoms with Gasteiger partial charge in [-0.1, -0.05) is 12.1 Å². The SMILES string of the molecule is Cl.Fc1cccc(C2CNCCN2Cc2ccsc2)c1. The van der Waals surface area contributed by atoms with Crippen LogP contribution in [0.1, 0.15) is 17.2 Å². The van der Waals surface area contributed by atoms with Gasteiger partial charge in [0.15, 0.2) is 0 Å². The van der Waals surface area contributed by atoms with Gasteiger partial charge in [-0.05, 0) is 40.1 Å². The predicted octanol–water partition coefficient (Wildman–Crippen LogP) is 3.46. The molecule has 1 aromatic carbocycles. The Labute approximate surface area is 129 Å². The van der Waals surface area contributed by atoms with E-state index in [-0.39, 0.29) is 24.3 Å². The van der Waals surface area contributed by atoms with Gasteiger partial charge in [0.2, 0.25) is 0 Å². The molecule has 5 heteroatoms. The molecule has 2 nitrogen and oxygen atoms in total. The highest BCUT2D eigenvalue weighted by Crippen LogP contribution is 2.25. The Bertz CT molecular complexity index is 532. The van der Waals surface area contributed by atoms with Gasteiger partial charge < -0.3 is 5.32 Å². The number of piperazine rings is 1. The lowest BCUT2D eigenvalue weighted by molar-refractivity contribution is 0.153. The molecular formula is C15H18ClFN2S. The lowest BCUT2D eigenvalue weighted by atomic mass is 10.0. The van der Waals surface area contributed by atoms with Crippen LogP contribution in [0.15, 0.2) is 41.1 Å². The van der Waals surface area contributed by atoms with E-state index in [1.807, 2.05) is 6.07 Å². The molecule has 0 bridgehead atoms. The smallest absolute Gasteiger partial charge is 0.123 e. The average molecular weight is 313 g/mol. The van der Waals surface area contributed by atoms with Crippen molar-refractivity contribution in [3.05, 3.63) is 58.0 Å². The molecule has 1 aliphatic rings. The molecule has 0 radical (unpaired) electrons. The second-order valence-electron chi connectivity index (χ2n) is 4.88. The quantitative estimate of drug-likeness (QED) is 0.934. The number of halogens is 2. The molecule has 20 heavy (non-hydrogen) atoms. The van der Waals surface area contributed by atoms with Crippen LogP contribution >= 0.6 is 23.7 Å². The molecule has 1 saturated heterocycles. The topological polar surface area (TPSA) is 15.3 Å². The predicted molar refractivity (Wildman–Crippen MR) is 84.0 cm³/mol. The summed E-state index contributed by atoms with van der Waals surface area (Å²) in [6, 6.07) is 9.38. The van der Waals surface area contributed by atoms with Crippen molar-refractivity contribution in [2.75, 3.05) is 19.6 Å². The summed E-state index contributed by atoms with van der Waals surface area (Å²) < 4.78 is 13.4. The molecule has 1 fully saturated rings. The number of nitrogens with zero attached hydrogens (tertiary/aromatic N) is 1. The summed E-state index contributed by atoms with van der Waals surface area (Å²) in [4.78, 5) is 2.42. The summed E-state index contributed by atoms with van der Waals surface area (Å²) in [5, 5.41) is 7.69. The van der Waals surface area contributed by atoms with E-state index < -0.39 is 0 Å². The fourth-order valence-corrected chi connectivity index (χ4v) is 3.26. The Kier molecular flexibility index (Phi) is 5.54. The molecular weight excluding hydrogens is 295 g/mol. The van der Waals surface area contributed by atoms with Crippen molar-refractivity contribution >= 4 is 23.7 Å². The van der Waals surface area contributed by atoms with Gasteiger partial charge in [0.05, 0.1) is 0 Å². The Balaban J connectivity index is 0.00000147. The Morgan fingerprint density at radius 2 is 2.25 bits per heavy atom. The van der Waals surface area contributed by atoms with Gasteiger partial charge in [-0.15, -0.1) is 12.4 Å².